The first-order chi connectivity index (χ1) is 14.6. The van der Waals surface area contributed by atoms with Gasteiger partial charge in [-0.1, -0.05) is 0 Å². The molecule has 0 fully saturated rings. The van der Waals surface area contributed by atoms with Crippen LogP contribution in [0.1, 0.15) is 34.7 Å². The van der Waals surface area contributed by atoms with Crippen LogP contribution >= 0.6 is 0 Å². The Kier molecular flexibility index (Phi) is 5.02. The molecule has 1 aliphatic heterocycles. The minimum Gasteiger partial charge on any atom is -0.491 e. The third-order valence-corrected chi connectivity index (χ3v) is 5.02. The van der Waals surface area contributed by atoms with Gasteiger partial charge in [0.25, 0.3) is 11.8 Å². The molecular weight excluding hydrogens is 382 g/mol. The van der Waals surface area contributed by atoms with E-state index >= 15 is 0 Å². The van der Waals surface area contributed by atoms with Crippen molar-refractivity contribution in [3.05, 3.63) is 59.7 Å². The van der Waals surface area contributed by atoms with Crippen LogP contribution in [0.3, 0.4) is 0 Å². The molecular formula is C22H19N5O3. The Bertz CT molecular complexity index is 1170. The summed E-state index contributed by atoms with van der Waals surface area (Å²) in [6, 6.07) is 10.7. The van der Waals surface area contributed by atoms with E-state index in [2.05, 4.69) is 16.0 Å². The molecule has 0 N–H and O–H groups in total. The lowest BCUT2D eigenvalue weighted by Gasteiger charge is -2.22. The Balaban J connectivity index is 1.71. The Labute approximate surface area is 173 Å². The van der Waals surface area contributed by atoms with Gasteiger partial charge in [0.05, 0.1) is 55.4 Å². The monoisotopic (exact) mass is 401 g/mol. The summed E-state index contributed by atoms with van der Waals surface area (Å²) in [5.41, 5.74) is 4.00. The Hall–Kier alpha value is -3.99. The maximum absolute atomic E-state index is 13.1. The lowest BCUT2D eigenvalue weighted by atomic mass is 10.1. The quantitative estimate of drug-likeness (QED) is 0.646. The second kappa shape index (κ2) is 7.79. The Morgan fingerprint density at radius 3 is 2.73 bits per heavy atom. The van der Waals surface area contributed by atoms with Crippen molar-refractivity contribution < 1.29 is 14.3 Å². The zero-order valence-electron chi connectivity index (χ0n) is 16.8. The first kappa shape index (κ1) is 19.3. The van der Waals surface area contributed by atoms with Crippen LogP contribution in [0.15, 0.2) is 42.7 Å². The van der Waals surface area contributed by atoms with Crippen molar-refractivity contribution in [1.29, 1.82) is 5.26 Å². The number of hydrogen-bond donors (Lipinski definition) is 0. The summed E-state index contributed by atoms with van der Waals surface area (Å²) < 4.78 is 10.5. The summed E-state index contributed by atoms with van der Waals surface area (Å²) in [5.74, 6) is 0.768. The topological polar surface area (TPSA) is 101 Å². The highest BCUT2D eigenvalue weighted by atomic mass is 16.5. The molecule has 0 radical (unpaired) electrons. The van der Waals surface area contributed by atoms with E-state index < -0.39 is 0 Å². The summed E-state index contributed by atoms with van der Waals surface area (Å²) >= 11 is 0. The molecule has 0 saturated carbocycles. The number of fused-ring (bicyclic) bond motifs is 1. The summed E-state index contributed by atoms with van der Waals surface area (Å²) in [5, 5.41) is 8.93. The molecule has 0 bridgehead atoms. The predicted molar refractivity (Wildman–Crippen MR) is 109 cm³/mol. The molecule has 8 nitrogen and oxygen atoms in total. The number of carbonyl (C=O) groups excluding carboxylic acids is 1. The van der Waals surface area contributed by atoms with Crippen LogP contribution in [0.4, 0.5) is 5.69 Å². The SMILES string of the molecule is COc1cc(-c2ccc3c(n2)[C@H](C)N(c2ccnc(CC#N)c2)C3=O)cnc1OC. The molecule has 0 saturated heterocycles. The van der Waals surface area contributed by atoms with Crippen LogP contribution in [0, 0.1) is 11.3 Å². The van der Waals surface area contributed by atoms with E-state index in [4.69, 9.17) is 19.7 Å². The summed E-state index contributed by atoms with van der Waals surface area (Å²) in [6.07, 6.45) is 3.46. The largest absolute Gasteiger partial charge is 0.491 e. The minimum atomic E-state index is -0.266. The van der Waals surface area contributed by atoms with Gasteiger partial charge < -0.3 is 9.47 Å². The number of rotatable bonds is 5. The van der Waals surface area contributed by atoms with Crippen LogP contribution in [0.2, 0.25) is 0 Å². The van der Waals surface area contributed by atoms with Gasteiger partial charge >= 0.3 is 0 Å². The molecule has 0 unspecified atom stereocenters. The molecule has 8 heteroatoms. The molecule has 0 aromatic carbocycles. The molecule has 4 heterocycles. The fourth-order valence-corrected chi connectivity index (χ4v) is 3.57. The zero-order chi connectivity index (χ0) is 21.3. The standard InChI is InChI=1S/C22H19N5O3/c1-13-20-17(22(28)27(13)16-7-9-24-15(11-16)6-8-23)4-5-18(26-20)14-10-19(29-2)21(30-3)25-12-14/h4-5,7,9-13H,6H2,1-3H3/t13-/m0/s1. The van der Waals surface area contributed by atoms with Gasteiger partial charge in [-0.15, -0.1) is 0 Å². The van der Waals surface area contributed by atoms with Crippen molar-refractivity contribution in [3.63, 3.8) is 0 Å². The number of nitriles is 1. The molecule has 150 valence electrons. The summed E-state index contributed by atoms with van der Waals surface area (Å²) in [4.78, 5) is 27.9. The maximum atomic E-state index is 13.1. The highest BCUT2D eigenvalue weighted by molar-refractivity contribution is 6.10. The number of nitrogens with zero attached hydrogens (tertiary/aromatic N) is 5. The fourth-order valence-electron chi connectivity index (χ4n) is 3.57. The third kappa shape index (κ3) is 3.20. The molecule has 1 aliphatic rings. The van der Waals surface area contributed by atoms with Gasteiger partial charge in [0.1, 0.15) is 0 Å². The lowest BCUT2D eigenvalue weighted by molar-refractivity contribution is 0.0992. The van der Waals surface area contributed by atoms with Gasteiger partial charge in [-0.3, -0.25) is 14.7 Å². The Morgan fingerprint density at radius 1 is 1.17 bits per heavy atom. The number of carbonyl (C=O) groups is 1. The van der Waals surface area contributed by atoms with E-state index in [0.29, 0.717) is 40.0 Å². The van der Waals surface area contributed by atoms with E-state index in [1.54, 1.807) is 54.7 Å². The fraction of sp³-hybridized carbons (Fsp3) is 0.227. The molecule has 1 amide bonds. The molecule has 30 heavy (non-hydrogen) atoms. The second-order valence-electron chi connectivity index (χ2n) is 6.76. The predicted octanol–water partition coefficient (Wildman–Crippen LogP) is 3.34. The number of ether oxygens (including phenoxy) is 2. The summed E-state index contributed by atoms with van der Waals surface area (Å²) in [7, 11) is 3.08. The average molecular weight is 401 g/mol. The van der Waals surface area contributed by atoms with Crippen LogP contribution in [0.5, 0.6) is 11.6 Å². The van der Waals surface area contributed by atoms with Gasteiger partial charge in [0.15, 0.2) is 5.75 Å². The van der Waals surface area contributed by atoms with Crippen molar-refractivity contribution in [2.75, 3.05) is 19.1 Å². The number of methoxy groups -OCH3 is 2. The molecule has 4 rings (SSSR count). The maximum Gasteiger partial charge on any atom is 0.260 e. The first-order valence-corrected chi connectivity index (χ1v) is 9.32. The zero-order valence-corrected chi connectivity index (χ0v) is 16.8. The smallest absolute Gasteiger partial charge is 0.260 e. The Morgan fingerprint density at radius 2 is 2.00 bits per heavy atom. The minimum absolute atomic E-state index is 0.129. The van der Waals surface area contributed by atoms with Crippen LogP contribution in [-0.4, -0.2) is 35.1 Å². The van der Waals surface area contributed by atoms with Crippen molar-refractivity contribution in [2.24, 2.45) is 0 Å². The average Bonchev–Trinajstić information content (AvgIpc) is 3.03. The van der Waals surface area contributed by atoms with Crippen LogP contribution in [-0.2, 0) is 6.42 Å². The van der Waals surface area contributed by atoms with E-state index in [9.17, 15) is 4.79 Å². The molecule has 3 aromatic rings. The van der Waals surface area contributed by atoms with Gasteiger partial charge in [-0.05, 0) is 37.3 Å². The van der Waals surface area contributed by atoms with Gasteiger partial charge in [-0.25, -0.2) is 9.97 Å². The number of pyridine rings is 3. The van der Waals surface area contributed by atoms with Crippen LogP contribution < -0.4 is 14.4 Å². The van der Waals surface area contributed by atoms with Crippen LogP contribution in [0.25, 0.3) is 11.3 Å². The van der Waals surface area contributed by atoms with E-state index in [0.717, 1.165) is 5.56 Å². The lowest BCUT2D eigenvalue weighted by Crippen LogP contribution is -2.26. The normalized spacial score (nSPS) is 14.9. The summed E-state index contributed by atoms with van der Waals surface area (Å²) in [6.45, 7) is 1.93. The molecule has 1 atom stereocenters. The van der Waals surface area contributed by atoms with Crippen molar-refractivity contribution in [3.8, 4) is 29.0 Å². The van der Waals surface area contributed by atoms with Crippen molar-refractivity contribution >= 4 is 11.6 Å². The number of aromatic nitrogens is 3. The van der Waals surface area contributed by atoms with Gasteiger partial charge in [-0.2, -0.15) is 5.26 Å². The highest BCUT2D eigenvalue weighted by Gasteiger charge is 2.36. The second-order valence-corrected chi connectivity index (χ2v) is 6.76. The molecule has 3 aromatic heterocycles. The van der Waals surface area contributed by atoms with E-state index in [-0.39, 0.29) is 18.4 Å². The van der Waals surface area contributed by atoms with Crippen molar-refractivity contribution in [1.82, 2.24) is 15.0 Å². The highest BCUT2D eigenvalue weighted by Crippen LogP contribution is 2.38. The molecule has 0 aliphatic carbocycles. The van der Waals surface area contributed by atoms with Crippen molar-refractivity contribution in [2.45, 2.75) is 19.4 Å². The van der Waals surface area contributed by atoms with E-state index in [1.165, 1.54) is 7.11 Å². The molecule has 0 spiro atoms. The van der Waals surface area contributed by atoms with Gasteiger partial charge in [0, 0.05) is 23.6 Å². The number of anilines is 1. The number of hydrogen-bond acceptors (Lipinski definition) is 7. The number of amides is 1. The third-order valence-electron chi connectivity index (χ3n) is 5.02. The van der Waals surface area contributed by atoms with Gasteiger partial charge in [0.2, 0.25) is 0 Å². The first-order valence-electron chi connectivity index (χ1n) is 9.32. The van der Waals surface area contributed by atoms with E-state index in [1.807, 2.05) is 6.92 Å².